The van der Waals surface area contributed by atoms with E-state index in [1.54, 1.807) is 30.3 Å². The molecule has 5 nitrogen and oxygen atoms in total. The van der Waals surface area contributed by atoms with Gasteiger partial charge in [0.05, 0.1) is 16.1 Å². The molecular weight excluding hydrogens is 392 g/mol. The number of nitrogens with one attached hydrogen (secondary N) is 2. The third-order valence-corrected chi connectivity index (χ3v) is 6.34. The third-order valence-electron chi connectivity index (χ3n) is 4.16. The first-order chi connectivity index (χ1) is 13.4. The van der Waals surface area contributed by atoms with Crippen LogP contribution >= 0.6 is 11.8 Å². The Morgan fingerprint density at radius 1 is 0.893 bits per heavy atom. The number of hydrogen-bond donors (Lipinski definition) is 2. The van der Waals surface area contributed by atoms with Gasteiger partial charge in [-0.3, -0.25) is 9.52 Å². The van der Waals surface area contributed by atoms with E-state index in [4.69, 9.17) is 0 Å². The van der Waals surface area contributed by atoms with Crippen LogP contribution in [0, 0.1) is 6.92 Å². The summed E-state index contributed by atoms with van der Waals surface area (Å²) in [6, 6.07) is 20.6. The van der Waals surface area contributed by atoms with Crippen molar-refractivity contribution in [2.24, 2.45) is 0 Å². The lowest BCUT2D eigenvalue weighted by atomic mass is 10.2. The topological polar surface area (TPSA) is 75.3 Å². The maximum atomic E-state index is 12.6. The Balaban J connectivity index is 1.76. The third kappa shape index (κ3) is 4.55. The Kier molecular flexibility index (Phi) is 6.06. The number of carbonyl (C=O) groups excluding carboxylic acids is 1. The molecule has 28 heavy (non-hydrogen) atoms. The van der Waals surface area contributed by atoms with Crippen molar-refractivity contribution in [2.75, 3.05) is 16.3 Å². The van der Waals surface area contributed by atoms with Gasteiger partial charge in [-0.05, 0) is 61.2 Å². The molecule has 0 aliphatic carbocycles. The zero-order valence-electron chi connectivity index (χ0n) is 15.5. The number of carbonyl (C=O) groups is 1. The first-order valence-electron chi connectivity index (χ1n) is 8.53. The molecule has 0 aromatic heterocycles. The molecule has 2 N–H and O–H groups in total. The number of rotatable bonds is 6. The minimum atomic E-state index is -3.71. The van der Waals surface area contributed by atoms with Crippen molar-refractivity contribution in [1.82, 2.24) is 0 Å². The molecule has 7 heteroatoms. The number of thioether (sulfide) groups is 1. The predicted octanol–water partition coefficient (Wildman–Crippen LogP) is 4.77. The minimum Gasteiger partial charge on any atom is -0.322 e. The number of hydrogen-bond acceptors (Lipinski definition) is 4. The van der Waals surface area contributed by atoms with E-state index in [2.05, 4.69) is 10.0 Å². The summed E-state index contributed by atoms with van der Waals surface area (Å²) in [4.78, 5) is 13.5. The number of benzene rings is 3. The van der Waals surface area contributed by atoms with E-state index in [1.807, 2.05) is 43.5 Å². The summed E-state index contributed by atoms with van der Waals surface area (Å²) in [5, 5.41) is 2.80. The summed E-state index contributed by atoms with van der Waals surface area (Å²) in [7, 11) is -3.71. The highest BCUT2D eigenvalue weighted by Crippen LogP contribution is 2.23. The van der Waals surface area contributed by atoms with E-state index >= 15 is 0 Å². The summed E-state index contributed by atoms with van der Waals surface area (Å²) in [6.45, 7) is 1.84. The van der Waals surface area contributed by atoms with Gasteiger partial charge in [0.15, 0.2) is 0 Å². The van der Waals surface area contributed by atoms with Gasteiger partial charge in [-0.15, -0.1) is 11.8 Å². The number of para-hydroxylation sites is 1. The molecule has 0 radical (unpaired) electrons. The fourth-order valence-corrected chi connectivity index (χ4v) is 4.37. The van der Waals surface area contributed by atoms with Crippen LogP contribution in [0.15, 0.2) is 82.6 Å². The van der Waals surface area contributed by atoms with Crippen LogP contribution in [0.4, 0.5) is 11.4 Å². The second kappa shape index (κ2) is 8.50. The van der Waals surface area contributed by atoms with Gasteiger partial charge in [0, 0.05) is 10.6 Å². The smallest absolute Gasteiger partial charge is 0.261 e. The Hall–Kier alpha value is -2.77. The van der Waals surface area contributed by atoms with E-state index in [1.165, 1.54) is 23.9 Å². The van der Waals surface area contributed by atoms with Crippen molar-refractivity contribution in [3.8, 4) is 0 Å². The largest absolute Gasteiger partial charge is 0.322 e. The molecule has 0 saturated heterocycles. The van der Waals surface area contributed by atoms with Gasteiger partial charge >= 0.3 is 0 Å². The number of sulfonamides is 1. The summed E-state index contributed by atoms with van der Waals surface area (Å²) in [5.41, 5.74) is 2.47. The quantitative estimate of drug-likeness (QED) is 0.572. The van der Waals surface area contributed by atoms with Gasteiger partial charge in [0.25, 0.3) is 15.9 Å². The van der Waals surface area contributed by atoms with Crippen LogP contribution in [-0.2, 0) is 10.0 Å². The van der Waals surface area contributed by atoms with Gasteiger partial charge in [-0.25, -0.2) is 8.42 Å². The fraction of sp³-hybridized carbons (Fsp3) is 0.0952. The fourth-order valence-electron chi connectivity index (χ4n) is 2.64. The molecule has 3 aromatic rings. The SMILES string of the molecule is CSc1ccccc1C(=O)Nc1ccc(S(=O)(=O)Nc2ccccc2C)cc1. The Bertz CT molecular complexity index is 1090. The van der Waals surface area contributed by atoms with Crippen molar-refractivity contribution in [2.45, 2.75) is 16.7 Å². The van der Waals surface area contributed by atoms with Crippen molar-refractivity contribution in [3.05, 3.63) is 83.9 Å². The zero-order chi connectivity index (χ0) is 20.1. The average molecular weight is 413 g/mol. The van der Waals surface area contributed by atoms with E-state index in [-0.39, 0.29) is 10.8 Å². The molecule has 0 aliphatic heterocycles. The second-order valence-corrected chi connectivity index (χ2v) is 8.63. The van der Waals surface area contributed by atoms with Crippen LogP contribution in [0.3, 0.4) is 0 Å². The van der Waals surface area contributed by atoms with Crippen LogP contribution in [0.2, 0.25) is 0 Å². The van der Waals surface area contributed by atoms with E-state index in [9.17, 15) is 13.2 Å². The molecule has 0 spiro atoms. The predicted molar refractivity (Wildman–Crippen MR) is 115 cm³/mol. The molecule has 0 bridgehead atoms. The van der Waals surface area contributed by atoms with Crippen molar-refractivity contribution in [1.29, 1.82) is 0 Å². The summed E-state index contributed by atoms with van der Waals surface area (Å²) in [6.07, 6.45) is 1.91. The van der Waals surface area contributed by atoms with E-state index in [0.717, 1.165) is 10.5 Å². The first kappa shape index (κ1) is 20.0. The maximum absolute atomic E-state index is 12.6. The van der Waals surface area contributed by atoms with Gasteiger partial charge in [-0.1, -0.05) is 30.3 Å². The lowest BCUT2D eigenvalue weighted by Gasteiger charge is -2.12. The Labute approximate surface area is 169 Å². The lowest BCUT2D eigenvalue weighted by Crippen LogP contribution is -2.15. The molecule has 3 rings (SSSR count). The van der Waals surface area contributed by atoms with Gasteiger partial charge in [0.1, 0.15) is 0 Å². The number of anilines is 2. The Morgan fingerprint density at radius 3 is 2.21 bits per heavy atom. The Morgan fingerprint density at radius 2 is 1.54 bits per heavy atom. The van der Waals surface area contributed by atoms with E-state index < -0.39 is 10.0 Å². The number of amides is 1. The van der Waals surface area contributed by atoms with Crippen molar-refractivity contribution < 1.29 is 13.2 Å². The van der Waals surface area contributed by atoms with Crippen molar-refractivity contribution >= 4 is 39.1 Å². The lowest BCUT2D eigenvalue weighted by molar-refractivity contribution is 0.102. The summed E-state index contributed by atoms with van der Waals surface area (Å²) >= 11 is 1.49. The standard InChI is InChI=1S/C21H20N2O3S2/c1-15-7-3-5-9-19(15)23-28(25,26)17-13-11-16(12-14-17)22-21(24)18-8-4-6-10-20(18)27-2/h3-14,23H,1-2H3,(H,22,24). The monoisotopic (exact) mass is 412 g/mol. The van der Waals surface area contributed by atoms with Crippen LogP contribution in [0.5, 0.6) is 0 Å². The molecule has 0 fully saturated rings. The molecule has 3 aromatic carbocycles. The molecule has 0 atom stereocenters. The second-order valence-electron chi connectivity index (χ2n) is 6.10. The highest BCUT2D eigenvalue weighted by molar-refractivity contribution is 7.98. The average Bonchev–Trinajstić information content (AvgIpc) is 2.70. The maximum Gasteiger partial charge on any atom is 0.261 e. The molecular formula is C21H20N2O3S2. The molecule has 0 aliphatic rings. The molecule has 0 unspecified atom stereocenters. The highest BCUT2D eigenvalue weighted by Gasteiger charge is 2.16. The van der Waals surface area contributed by atoms with Gasteiger partial charge < -0.3 is 5.32 Å². The minimum absolute atomic E-state index is 0.123. The van der Waals surface area contributed by atoms with Crippen molar-refractivity contribution in [3.63, 3.8) is 0 Å². The molecule has 1 amide bonds. The normalized spacial score (nSPS) is 11.1. The van der Waals surface area contributed by atoms with Crippen LogP contribution in [-0.4, -0.2) is 20.6 Å². The first-order valence-corrected chi connectivity index (χ1v) is 11.2. The molecule has 0 saturated carbocycles. The highest BCUT2D eigenvalue weighted by atomic mass is 32.2. The molecule has 0 heterocycles. The van der Waals surface area contributed by atoms with Gasteiger partial charge in [-0.2, -0.15) is 0 Å². The van der Waals surface area contributed by atoms with Crippen LogP contribution < -0.4 is 10.0 Å². The summed E-state index contributed by atoms with van der Waals surface area (Å²) in [5.74, 6) is -0.237. The molecule has 144 valence electrons. The summed E-state index contributed by atoms with van der Waals surface area (Å²) < 4.78 is 27.8. The van der Waals surface area contributed by atoms with Crippen LogP contribution in [0.25, 0.3) is 0 Å². The van der Waals surface area contributed by atoms with E-state index in [0.29, 0.717) is 16.9 Å². The van der Waals surface area contributed by atoms with Gasteiger partial charge in [0.2, 0.25) is 0 Å². The zero-order valence-corrected chi connectivity index (χ0v) is 17.1. The number of aryl methyl sites for hydroxylation is 1. The van der Waals surface area contributed by atoms with Crippen LogP contribution in [0.1, 0.15) is 15.9 Å².